The van der Waals surface area contributed by atoms with Crippen molar-refractivity contribution in [2.24, 2.45) is 11.7 Å². The number of phenols is 1. The molecule has 1 aromatic rings. The normalized spacial score (nSPS) is 23.6. The highest BCUT2D eigenvalue weighted by Gasteiger charge is 2.32. The number of hydrogen-bond donors (Lipinski definition) is 2. The summed E-state index contributed by atoms with van der Waals surface area (Å²) < 4.78 is 4.73. The third-order valence-corrected chi connectivity index (χ3v) is 3.15. The number of aryl methyl sites for hydroxylation is 1. The number of phenolic OH excluding ortho intramolecular Hbond substituents is 1. The smallest absolute Gasteiger partial charge is 0.310 e. The first-order valence-electron chi connectivity index (χ1n) is 5.28. The van der Waals surface area contributed by atoms with Gasteiger partial charge in [-0.3, -0.25) is 4.79 Å². The number of methoxy groups -OCH3 is 1. The van der Waals surface area contributed by atoms with Crippen LogP contribution in [0.3, 0.4) is 0 Å². The molecule has 0 aromatic heterocycles. The predicted molar refractivity (Wildman–Crippen MR) is 58.9 cm³/mol. The largest absolute Gasteiger partial charge is 0.508 e. The number of nitrogens with two attached hydrogens (primary N) is 1. The van der Waals surface area contributed by atoms with E-state index in [4.69, 9.17) is 10.5 Å². The molecule has 3 N–H and O–H groups in total. The van der Waals surface area contributed by atoms with Crippen LogP contribution in [0.5, 0.6) is 5.75 Å². The van der Waals surface area contributed by atoms with Crippen molar-refractivity contribution in [1.82, 2.24) is 0 Å². The fourth-order valence-electron chi connectivity index (χ4n) is 2.26. The molecule has 0 aliphatic heterocycles. The number of rotatable bonds is 1. The van der Waals surface area contributed by atoms with Gasteiger partial charge in [0.05, 0.1) is 13.0 Å². The monoisotopic (exact) mass is 221 g/mol. The predicted octanol–water partition coefficient (Wildman–Crippen LogP) is 1.13. The zero-order chi connectivity index (χ0) is 11.7. The fraction of sp³-hybridized carbons (Fsp3) is 0.417. The Morgan fingerprint density at radius 2 is 2.31 bits per heavy atom. The molecule has 86 valence electrons. The van der Waals surface area contributed by atoms with Crippen LogP contribution in [0.15, 0.2) is 18.2 Å². The van der Waals surface area contributed by atoms with Crippen LogP contribution in [-0.4, -0.2) is 18.2 Å². The van der Waals surface area contributed by atoms with Crippen LogP contribution >= 0.6 is 0 Å². The van der Waals surface area contributed by atoms with Gasteiger partial charge in [0.25, 0.3) is 0 Å². The van der Waals surface area contributed by atoms with Gasteiger partial charge in [-0.15, -0.1) is 0 Å². The zero-order valence-electron chi connectivity index (χ0n) is 9.14. The van der Waals surface area contributed by atoms with E-state index in [1.807, 2.05) is 0 Å². The molecular weight excluding hydrogens is 206 g/mol. The minimum Gasteiger partial charge on any atom is -0.508 e. The highest BCUT2D eigenvalue weighted by Crippen LogP contribution is 2.34. The van der Waals surface area contributed by atoms with Gasteiger partial charge in [-0.2, -0.15) is 0 Å². The summed E-state index contributed by atoms with van der Waals surface area (Å²) >= 11 is 0. The molecule has 2 atom stereocenters. The Morgan fingerprint density at radius 1 is 1.56 bits per heavy atom. The Kier molecular flexibility index (Phi) is 2.83. The van der Waals surface area contributed by atoms with E-state index in [0.717, 1.165) is 17.5 Å². The van der Waals surface area contributed by atoms with Crippen molar-refractivity contribution in [2.45, 2.75) is 18.9 Å². The Morgan fingerprint density at radius 3 is 3.00 bits per heavy atom. The standard InChI is InChI=1S/C12H15NO3/c1-16-12(15)10-4-2-7-6-8(14)3-5-9(7)11(10)13/h3,5-6,10-11,14H,2,4,13H2,1H3. The second-order valence-electron chi connectivity index (χ2n) is 4.08. The minimum absolute atomic E-state index is 0.238. The van der Waals surface area contributed by atoms with Crippen molar-refractivity contribution >= 4 is 5.97 Å². The van der Waals surface area contributed by atoms with Crippen LogP contribution in [-0.2, 0) is 16.0 Å². The van der Waals surface area contributed by atoms with Crippen LogP contribution in [0, 0.1) is 5.92 Å². The van der Waals surface area contributed by atoms with Crippen LogP contribution in [0.1, 0.15) is 23.6 Å². The summed E-state index contributed by atoms with van der Waals surface area (Å²) in [6.07, 6.45) is 1.42. The van der Waals surface area contributed by atoms with E-state index in [1.54, 1.807) is 18.2 Å². The van der Waals surface area contributed by atoms with Crippen molar-refractivity contribution in [3.8, 4) is 5.75 Å². The summed E-state index contributed by atoms with van der Waals surface area (Å²) in [5, 5.41) is 9.36. The van der Waals surface area contributed by atoms with E-state index < -0.39 is 0 Å². The topological polar surface area (TPSA) is 72.5 Å². The first-order chi connectivity index (χ1) is 7.63. The van der Waals surface area contributed by atoms with Gasteiger partial charge in [0, 0.05) is 6.04 Å². The molecule has 1 aliphatic carbocycles. The molecule has 4 heteroatoms. The summed E-state index contributed by atoms with van der Waals surface area (Å²) in [5.74, 6) is -0.296. The van der Waals surface area contributed by atoms with Gasteiger partial charge < -0.3 is 15.6 Å². The molecule has 0 saturated heterocycles. The fourth-order valence-corrected chi connectivity index (χ4v) is 2.26. The minimum atomic E-state index is -0.336. The van der Waals surface area contributed by atoms with Gasteiger partial charge >= 0.3 is 5.97 Å². The van der Waals surface area contributed by atoms with Gasteiger partial charge in [0.1, 0.15) is 5.75 Å². The van der Waals surface area contributed by atoms with E-state index in [0.29, 0.717) is 6.42 Å². The highest BCUT2D eigenvalue weighted by atomic mass is 16.5. The number of carbonyl (C=O) groups is 1. The van der Waals surface area contributed by atoms with Crippen LogP contribution in [0.25, 0.3) is 0 Å². The number of benzene rings is 1. The quantitative estimate of drug-likeness (QED) is 0.697. The Bertz CT molecular complexity index is 417. The number of esters is 1. The molecule has 4 nitrogen and oxygen atoms in total. The molecule has 0 radical (unpaired) electrons. The summed E-state index contributed by atoms with van der Waals surface area (Å²) in [7, 11) is 1.38. The average molecular weight is 221 g/mol. The molecule has 16 heavy (non-hydrogen) atoms. The summed E-state index contributed by atoms with van der Waals surface area (Å²) in [6.45, 7) is 0. The lowest BCUT2D eigenvalue weighted by Gasteiger charge is -2.29. The lowest BCUT2D eigenvalue weighted by atomic mass is 9.80. The van der Waals surface area contributed by atoms with E-state index >= 15 is 0 Å². The van der Waals surface area contributed by atoms with Crippen LogP contribution < -0.4 is 5.73 Å². The second kappa shape index (κ2) is 4.14. The number of ether oxygens (including phenoxy) is 1. The molecule has 0 saturated carbocycles. The van der Waals surface area contributed by atoms with Crippen molar-refractivity contribution in [2.75, 3.05) is 7.11 Å². The van der Waals surface area contributed by atoms with E-state index in [1.165, 1.54) is 7.11 Å². The molecule has 1 aliphatic rings. The van der Waals surface area contributed by atoms with Crippen molar-refractivity contribution in [3.63, 3.8) is 0 Å². The van der Waals surface area contributed by atoms with Crippen molar-refractivity contribution < 1.29 is 14.6 Å². The van der Waals surface area contributed by atoms with Gasteiger partial charge in [0.15, 0.2) is 0 Å². The maximum Gasteiger partial charge on any atom is 0.310 e. The molecule has 2 rings (SSSR count). The number of aromatic hydroxyl groups is 1. The maximum atomic E-state index is 11.5. The Balaban J connectivity index is 2.32. The van der Waals surface area contributed by atoms with Crippen molar-refractivity contribution in [3.05, 3.63) is 29.3 Å². The zero-order valence-corrected chi connectivity index (χ0v) is 9.14. The molecule has 0 spiro atoms. The summed E-state index contributed by atoms with van der Waals surface area (Å²) in [4.78, 5) is 11.5. The second-order valence-corrected chi connectivity index (χ2v) is 4.08. The molecule has 2 unspecified atom stereocenters. The van der Waals surface area contributed by atoms with Gasteiger partial charge in [-0.1, -0.05) is 6.07 Å². The molecular formula is C12H15NO3. The summed E-state index contributed by atoms with van der Waals surface area (Å²) in [5.41, 5.74) is 7.99. The lowest BCUT2D eigenvalue weighted by molar-refractivity contribution is -0.146. The maximum absolute atomic E-state index is 11.5. The molecule has 0 bridgehead atoms. The molecule has 0 heterocycles. The first-order valence-corrected chi connectivity index (χ1v) is 5.28. The Hall–Kier alpha value is -1.55. The SMILES string of the molecule is COC(=O)C1CCc2cc(O)ccc2C1N. The molecule has 1 aromatic carbocycles. The molecule has 0 fully saturated rings. The van der Waals surface area contributed by atoms with Gasteiger partial charge in [0.2, 0.25) is 0 Å². The lowest BCUT2D eigenvalue weighted by Crippen LogP contribution is -2.33. The van der Waals surface area contributed by atoms with Gasteiger partial charge in [-0.25, -0.2) is 0 Å². The van der Waals surface area contributed by atoms with Crippen LogP contribution in [0.4, 0.5) is 0 Å². The number of fused-ring (bicyclic) bond motifs is 1. The number of hydrogen-bond acceptors (Lipinski definition) is 4. The Labute approximate surface area is 94.0 Å². The van der Waals surface area contributed by atoms with Gasteiger partial charge in [-0.05, 0) is 36.1 Å². The van der Waals surface area contributed by atoms with E-state index in [-0.39, 0.29) is 23.7 Å². The molecule has 0 amide bonds. The third-order valence-electron chi connectivity index (χ3n) is 3.15. The van der Waals surface area contributed by atoms with E-state index in [2.05, 4.69) is 0 Å². The van der Waals surface area contributed by atoms with Crippen molar-refractivity contribution in [1.29, 1.82) is 0 Å². The third kappa shape index (κ3) is 1.76. The highest BCUT2D eigenvalue weighted by molar-refractivity contribution is 5.74. The summed E-state index contributed by atoms with van der Waals surface area (Å²) in [6, 6.07) is 4.75. The van der Waals surface area contributed by atoms with Crippen LogP contribution in [0.2, 0.25) is 0 Å². The number of carbonyl (C=O) groups excluding carboxylic acids is 1. The first kappa shape index (κ1) is 11.0. The average Bonchev–Trinajstić information content (AvgIpc) is 2.28. The van der Waals surface area contributed by atoms with E-state index in [9.17, 15) is 9.90 Å².